The second kappa shape index (κ2) is 3.73. The molecule has 0 aliphatic rings. The van der Waals surface area contributed by atoms with Crippen molar-refractivity contribution in [2.75, 3.05) is 0 Å². The van der Waals surface area contributed by atoms with Gasteiger partial charge in [-0.25, -0.2) is 0 Å². The molecular weight excluding hydrogens is 228 g/mol. The third-order valence-electron chi connectivity index (χ3n) is 2.95. The molecule has 0 bridgehead atoms. The van der Waals surface area contributed by atoms with Gasteiger partial charge < -0.3 is 10.3 Å². The largest absolute Gasteiger partial charge is 0.366 e. The number of para-hydroxylation sites is 1. The fraction of sp³-hybridized carbons (Fsp3) is 0.0769. The van der Waals surface area contributed by atoms with Crippen molar-refractivity contribution in [3.05, 3.63) is 48.4 Å². The third-order valence-corrected chi connectivity index (χ3v) is 2.95. The Labute approximate surface area is 103 Å². The van der Waals surface area contributed by atoms with Crippen molar-refractivity contribution in [3.8, 4) is 5.69 Å². The average molecular weight is 240 g/mol. The monoisotopic (exact) mass is 240 g/mol. The van der Waals surface area contributed by atoms with Crippen LogP contribution in [0.1, 0.15) is 10.4 Å². The van der Waals surface area contributed by atoms with Gasteiger partial charge in [0, 0.05) is 24.8 Å². The number of hydrogen-bond acceptors (Lipinski definition) is 2. The van der Waals surface area contributed by atoms with Gasteiger partial charge in [0.05, 0.1) is 23.0 Å². The van der Waals surface area contributed by atoms with Gasteiger partial charge in [-0.15, -0.1) is 0 Å². The first kappa shape index (κ1) is 10.6. The number of amides is 1. The number of nitrogens with two attached hydrogens (primary N) is 1. The molecule has 1 amide bonds. The molecule has 0 aliphatic carbocycles. The zero-order valence-electron chi connectivity index (χ0n) is 9.87. The molecule has 3 rings (SSSR count). The number of rotatable bonds is 2. The van der Waals surface area contributed by atoms with Crippen LogP contribution in [-0.4, -0.2) is 20.3 Å². The van der Waals surface area contributed by atoms with Crippen LogP contribution < -0.4 is 5.73 Å². The normalized spacial score (nSPS) is 10.9. The maximum atomic E-state index is 11.5. The van der Waals surface area contributed by atoms with Gasteiger partial charge in [0.25, 0.3) is 5.91 Å². The van der Waals surface area contributed by atoms with E-state index in [0.29, 0.717) is 5.56 Å². The summed E-state index contributed by atoms with van der Waals surface area (Å²) in [5, 5.41) is 5.12. The minimum absolute atomic E-state index is 0.426. The number of aryl methyl sites for hydroxylation is 1. The zero-order chi connectivity index (χ0) is 12.7. The topological polar surface area (TPSA) is 65.8 Å². The molecule has 2 N–H and O–H groups in total. The van der Waals surface area contributed by atoms with Gasteiger partial charge in [-0.3, -0.25) is 9.48 Å². The molecule has 0 radical (unpaired) electrons. The van der Waals surface area contributed by atoms with Gasteiger partial charge in [0.15, 0.2) is 0 Å². The van der Waals surface area contributed by atoms with Gasteiger partial charge in [0.1, 0.15) is 0 Å². The van der Waals surface area contributed by atoms with E-state index in [-0.39, 0.29) is 0 Å². The number of fused-ring (bicyclic) bond motifs is 1. The Hall–Kier alpha value is -2.56. The van der Waals surface area contributed by atoms with Gasteiger partial charge in [-0.2, -0.15) is 5.10 Å². The molecule has 0 fully saturated rings. The van der Waals surface area contributed by atoms with Crippen LogP contribution in [0.15, 0.2) is 42.9 Å². The SMILES string of the molecule is Cn1cc(-n2ccc3cccc(C(N)=O)c32)cn1. The van der Waals surface area contributed by atoms with Crippen LogP contribution in [0.3, 0.4) is 0 Å². The van der Waals surface area contributed by atoms with E-state index < -0.39 is 5.91 Å². The fourth-order valence-electron chi connectivity index (χ4n) is 2.14. The smallest absolute Gasteiger partial charge is 0.250 e. The van der Waals surface area contributed by atoms with Gasteiger partial charge in [-0.1, -0.05) is 12.1 Å². The van der Waals surface area contributed by atoms with Crippen LogP contribution in [0.5, 0.6) is 0 Å². The van der Waals surface area contributed by atoms with Crippen LogP contribution in [0.25, 0.3) is 16.6 Å². The van der Waals surface area contributed by atoms with E-state index in [4.69, 9.17) is 5.73 Å². The number of benzene rings is 1. The van der Waals surface area contributed by atoms with Crippen LogP contribution >= 0.6 is 0 Å². The van der Waals surface area contributed by atoms with E-state index in [0.717, 1.165) is 16.6 Å². The van der Waals surface area contributed by atoms with E-state index in [1.54, 1.807) is 16.9 Å². The highest BCUT2D eigenvalue weighted by molar-refractivity contribution is 6.05. The van der Waals surface area contributed by atoms with Crippen molar-refractivity contribution in [2.24, 2.45) is 12.8 Å². The van der Waals surface area contributed by atoms with Crippen molar-refractivity contribution in [3.63, 3.8) is 0 Å². The lowest BCUT2D eigenvalue weighted by atomic mass is 10.1. The van der Waals surface area contributed by atoms with Crippen molar-refractivity contribution < 1.29 is 4.79 Å². The lowest BCUT2D eigenvalue weighted by molar-refractivity contribution is 0.100. The summed E-state index contributed by atoms with van der Waals surface area (Å²) in [5.74, 6) is -0.426. The Morgan fingerprint density at radius 2 is 2.17 bits per heavy atom. The van der Waals surface area contributed by atoms with Crippen molar-refractivity contribution in [1.29, 1.82) is 0 Å². The maximum Gasteiger partial charge on any atom is 0.250 e. The van der Waals surface area contributed by atoms with E-state index in [1.807, 2.05) is 42.2 Å². The highest BCUT2D eigenvalue weighted by Gasteiger charge is 2.12. The maximum absolute atomic E-state index is 11.5. The fourth-order valence-corrected chi connectivity index (χ4v) is 2.14. The van der Waals surface area contributed by atoms with Crippen LogP contribution in [0, 0.1) is 0 Å². The molecule has 90 valence electrons. The highest BCUT2D eigenvalue weighted by atomic mass is 16.1. The lowest BCUT2D eigenvalue weighted by Gasteiger charge is -2.05. The first-order valence-electron chi connectivity index (χ1n) is 5.56. The van der Waals surface area contributed by atoms with Crippen molar-refractivity contribution in [2.45, 2.75) is 0 Å². The molecule has 0 spiro atoms. The predicted molar refractivity (Wildman–Crippen MR) is 68.6 cm³/mol. The Morgan fingerprint density at radius 3 is 2.83 bits per heavy atom. The first-order valence-corrected chi connectivity index (χ1v) is 5.56. The third kappa shape index (κ3) is 1.48. The van der Waals surface area contributed by atoms with E-state index in [2.05, 4.69) is 5.10 Å². The highest BCUT2D eigenvalue weighted by Crippen LogP contribution is 2.23. The molecule has 3 aromatic rings. The van der Waals surface area contributed by atoms with Gasteiger partial charge in [0.2, 0.25) is 0 Å². The summed E-state index contributed by atoms with van der Waals surface area (Å²) >= 11 is 0. The number of hydrogen-bond donors (Lipinski definition) is 1. The molecule has 0 saturated carbocycles. The number of carbonyl (C=O) groups excluding carboxylic acids is 1. The number of primary amides is 1. The quantitative estimate of drug-likeness (QED) is 0.737. The molecule has 18 heavy (non-hydrogen) atoms. The van der Waals surface area contributed by atoms with Gasteiger partial charge >= 0.3 is 0 Å². The number of aromatic nitrogens is 3. The standard InChI is InChI=1S/C13H12N4O/c1-16-8-10(7-15-16)17-6-5-9-3-2-4-11(12(9)17)13(14)18/h2-8H,1H3,(H2,14,18). The Kier molecular flexibility index (Phi) is 2.19. The molecule has 5 nitrogen and oxygen atoms in total. The second-order valence-electron chi connectivity index (χ2n) is 4.17. The van der Waals surface area contributed by atoms with Crippen LogP contribution in [-0.2, 0) is 7.05 Å². The second-order valence-corrected chi connectivity index (χ2v) is 4.17. The van der Waals surface area contributed by atoms with Crippen LogP contribution in [0.2, 0.25) is 0 Å². The molecule has 0 unspecified atom stereocenters. The summed E-state index contributed by atoms with van der Waals surface area (Å²) in [4.78, 5) is 11.5. The summed E-state index contributed by atoms with van der Waals surface area (Å²) in [5.41, 5.74) is 7.65. The van der Waals surface area contributed by atoms with Crippen molar-refractivity contribution >= 4 is 16.8 Å². The summed E-state index contributed by atoms with van der Waals surface area (Å²) in [6, 6.07) is 7.47. The molecule has 5 heteroatoms. The van der Waals surface area contributed by atoms with Crippen molar-refractivity contribution in [1.82, 2.24) is 14.3 Å². The summed E-state index contributed by atoms with van der Waals surface area (Å²) in [7, 11) is 1.85. The van der Waals surface area contributed by atoms with Crippen LogP contribution in [0.4, 0.5) is 0 Å². The molecule has 2 aromatic heterocycles. The molecule has 0 aliphatic heterocycles. The number of carbonyl (C=O) groups is 1. The lowest BCUT2D eigenvalue weighted by Crippen LogP contribution is -2.12. The zero-order valence-corrected chi connectivity index (χ0v) is 9.87. The molecule has 0 atom stereocenters. The number of nitrogens with zero attached hydrogens (tertiary/aromatic N) is 3. The van der Waals surface area contributed by atoms with E-state index in [9.17, 15) is 4.79 Å². The average Bonchev–Trinajstić information content (AvgIpc) is 2.94. The van der Waals surface area contributed by atoms with Gasteiger partial charge in [-0.05, 0) is 12.1 Å². The minimum atomic E-state index is -0.426. The summed E-state index contributed by atoms with van der Waals surface area (Å²) in [6.07, 6.45) is 5.54. The molecule has 2 heterocycles. The van der Waals surface area contributed by atoms with E-state index in [1.165, 1.54) is 0 Å². The molecular formula is C13H12N4O. The predicted octanol–water partition coefficient (Wildman–Crippen LogP) is 1.46. The minimum Gasteiger partial charge on any atom is -0.366 e. The Bertz CT molecular complexity index is 738. The first-order chi connectivity index (χ1) is 8.66. The summed E-state index contributed by atoms with van der Waals surface area (Å²) < 4.78 is 3.64. The molecule has 1 aromatic carbocycles. The Balaban J connectivity index is 2.34. The molecule has 0 saturated heterocycles. The van der Waals surface area contributed by atoms with E-state index >= 15 is 0 Å². The summed E-state index contributed by atoms with van der Waals surface area (Å²) in [6.45, 7) is 0. The Morgan fingerprint density at radius 1 is 1.33 bits per heavy atom.